The van der Waals surface area contributed by atoms with Crippen molar-refractivity contribution in [1.29, 1.82) is 0 Å². The number of carboxylic acid groups (broad SMARTS) is 1. The van der Waals surface area contributed by atoms with Crippen molar-refractivity contribution in [3.05, 3.63) is 60.8 Å². The van der Waals surface area contributed by atoms with Gasteiger partial charge in [-0.2, -0.15) is 0 Å². The van der Waals surface area contributed by atoms with Gasteiger partial charge in [0.05, 0.1) is 18.3 Å². The normalized spacial score (nSPS) is 21.8. The monoisotopic (exact) mass is 360 g/mol. The molecule has 0 aromatic rings. The van der Waals surface area contributed by atoms with Crippen molar-refractivity contribution < 1.29 is 19.7 Å². The highest BCUT2D eigenvalue weighted by Crippen LogP contribution is 2.29. The van der Waals surface area contributed by atoms with Gasteiger partial charge >= 0.3 is 5.97 Å². The first-order valence-electron chi connectivity index (χ1n) is 9.53. The third-order valence-corrected chi connectivity index (χ3v) is 4.16. The van der Waals surface area contributed by atoms with Gasteiger partial charge in [-0.3, -0.25) is 0 Å². The molecule has 1 fully saturated rings. The second-order valence-corrected chi connectivity index (χ2v) is 6.43. The van der Waals surface area contributed by atoms with Crippen LogP contribution in [0.5, 0.6) is 0 Å². The van der Waals surface area contributed by atoms with Gasteiger partial charge in [0.25, 0.3) is 0 Å². The maximum atomic E-state index is 10.2. The highest BCUT2D eigenvalue weighted by molar-refractivity contribution is 5.80. The minimum absolute atomic E-state index is 0.213. The van der Waals surface area contributed by atoms with E-state index < -0.39 is 5.97 Å². The number of hydrogen-bond acceptors (Lipinski definition) is 3. The van der Waals surface area contributed by atoms with Crippen molar-refractivity contribution in [2.75, 3.05) is 0 Å². The highest BCUT2D eigenvalue weighted by atomic mass is 16.6. The molecule has 0 bridgehead atoms. The fourth-order valence-electron chi connectivity index (χ4n) is 2.65. The summed E-state index contributed by atoms with van der Waals surface area (Å²) in [6, 6.07) is 0. The van der Waals surface area contributed by atoms with E-state index in [-0.39, 0.29) is 6.10 Å². The molecule has 26 heavy (non-hydrogen) atoms. The smallest absolute Gasteiger partial charge is 0.328 e. The van der Waals surface area contributed by atoms with Crippen molar-refractivity contribution in [2.45, 2.75) is 70.2 Å². The number of aliphatic carboxylic acids is 1. The Kier molecular flexibility index (Phi) is 12.2. The number of carbonyl (C=O) groups is 1. The van der Waals surface area contributed by atoms with Crippen LogP contribution >= 0.6 is 0 Å². The molecule has 2 N–H and O–H groups in total. The van der Waals surface area contributed by atoms with Crippen LogP contribution in [0.25, 0.3) is 0 Å². The summed E-state index contributed by atoms with van der Waals surface area (Å²) in [7, 11) is 0. The lowest BCUT2D eigenvalue weighted by molar-refractivity contribution is -0.131. The average Bonchev–Trinajstić information content (AvgIpc) is 3.36. The van der Waals surface area contributed by atoms with E-state index in [1.807, 2.05) is 30.4 Å². The van der Waals surface area contributed by atoms with Crippen molar-refractivity contribution >= 4 is 5.97 Å². The van der Waals surface area contributed by atoms with Gasteiger partial charge in [-0.05, 0) is 25.7 Å². The molecule has 3 unspecified atom stereocenters. The van der Waals surface area contributed by atoms with Crippen molar-refractivity contribution in [2.24, 2.45) is 0 Å². The van der Waals surface area contributed by atoms with Gasteiger partial charge in [0.15, 0.2) is 0 Å². The third-order valence-electron chi connectivity index (χ3n) is 4.16. The highest BCUT2D eigenvalue weighted by Gasteiger charge is 2.37. The molecule has 0 amide bonds. The van der Waals surface area contributed by atoms with Gasteiger partial charge < -0.3 is 14.9 Å². The number of rotatable bonds is 14. The lowest BCUT2D eigenvalue weighted by Gasteiger charge is -2.08. The molecule has 0 spiro atoms. The van der Waals surface area contributed by atoms with Gasteiger partial charge in [0, 0.05) is 12.5 Å². The fourth-order valence-corrected chi connectivity index (χ4v) is 2.65. The Morgan fingerprint density at radius 2 is 1.62 bits per heavy atom. The fraction of sp³-hybridized carbons (Fsp3) is 0.500. The van der Waals surface area contributed by atoms with Crippen LogP contribution in [0, 0.1) is 0 Å². The number of epoxide rings is 1. The second kappa shape index (κ2) is 14.3. The maximum Gasteiger partial charge on any atom is 0.328 e. The Labute approximate surface area is 157 Å². The summed E-state index contributed by atoms with van der Waals surface area (Å²) in [4.78, 5) is 10.2. The molecule has 0 aromatic heterocycles. The zero-order chi connectivity index (χ0) is 19.0. The van der Waals surface area contributed by atoms with Gasteiger partial charge in [0.1, 0.15) is 0 Å². The quantitative estimate of drug-likeness (QED) is 0.203. The number of unbranched alkanes of at least 4 members (excludes halogenated alkanes) is 3. The first-order chi connectivity index (χ1) is 12.6. The zero-order valence-electron chi connectivity index (χ0n) is 15.7. The van der Waals surface area contributed by atoms with Crippen LogP contribution in [0.15, 0.2) is 60.8 Å². The number of ether oxygens (including phenoxy) is 1. The number of hydrogen-bond donors (Lipinski definition) is 2. The van der Waals surface area contributed by atoms with Crippen LogP contribution in [-0.2, 0) is 9.53 Å². The third kappa shape index (κ3) is 12.5. The Morgan fingerprint density at radius 3 is 2.23 bits per heavy atom. The SMILES string of the molecule is CCC1OC1CC(O)CCCCCC=CC=CC=CC=CC=CC(=O)O. The zero-order valence-corrected chi connectivity index (χ0v) is 15.7. The van der Waals surface area contributed by atoms with Crippen LogP contribution < -0.4 is 0 Å². The average molecular weight is 360 g/mol. The Bertz CT molecular complexity index is 528. The van der Waals surface area contributed by atoms with E-state index in [1.54, 1.807) is 12.2 Å². The summed E-state index contributed by atoms with van der Waals surface area (Å²) in [6.45, 7) is 2.12. The molecule has 0 aromatic carbocycles. The lowest BCUT2D eigenvalue weighted by Crippen LogP contribution is -2.11. The number of aliphatic hydroxyl groups is 1. The molecular formula is C22H32O4. The standard InChI is InChI=1S/C22H32O4/c1-2-20-21(26-20)18-19(23)16-14-12-10-8-6-4-3-5-7-9-11-13-15-17-22(24)25/h3-7,9,11,13,15,17,19-21,23H,2,8,10,12,14,16,18H2,1H3,(H,24,25). The van der Waals surface area contributed by atoms with Crippen molar-refractivity contribution in [3.63, 3.8) is 0 Å². The van der Waals surface area contributed by atoms with E-state index in [1.165, 1.54) is 6.08 Å². The van der Waals surface area contributed by atoms with Crippen LogP contribution in [0.1, 0.15) is 51.9 Å². The molecule has 1 heterocycles. The van der Waals surface area contributed by atoms with Gasteiger partial charge in [-0.1, -0.05) is 74.4 Å². The van der Waals surface area contributed by atoms with Crippen LogP contribution in [0.3, 0.4) is 0 Å². The van der Waals surface area contributed by atoms with Crippen LogP contribution in [0.4, 0.5) is 0 Å². The minimum atomic E-state index is -0.946. The Morgan fingerprint density at radius 1 is 0.962 bits per heavy atom. The van der Waals surface area contributed by atoms with Crippen LogP contribution in [0.2, 0.25) is 0 Å². The molecule has 3 atom stereocenters. The first kappa shape index (κ1) is 22.1. The lowest BCUT2D eigenvalue weighted by atomic mass is 10.0. The van der Waals surface area contributed by atoms with Crippen molar-refractivity contribution in [1.82, 2.24) is 0 Å². The van der Waals surface area contributed by atoms with Crippen LogP contribution in [-0.4, -0.2) is 34.5 Å². The molecule has 1 aliphatic rings. The second-order valence-electron chi connectivity index (χ2n) is 6.43. The molecule has 1 saturated heterocycles. The summed E-state index contributed by atoms with van der Waals surface area (Å²) < 4.78 is 5.46. The van der Waals surface area contributed by atoms with E-state index >= 15 is 0 Å². The molecule has 0 aliphatic carbocycles. The predicted molar refractivity (Wildman–Crippen MR) is 106 cm³/mol. The number of aliphatic hydroxyl groups excluding tert-OH is 1. The van der Waals surface area contributed by atoms with Gasteiger partial charge in [0.2, 0.25) is 0 Å². The van der Waals surface area contributed by atoms with E-state index in [9.17, 15) is 9.90 Å². The Hall–Kier alpha value is -1.91. The van der Waals surface area contributed by atoms with Crippen molar-refractivity contribution in [3.8, 4) is 0 Å². The summed E-state index contributed by atoms with van der Waals surface area (Å²) in [5.41, 5.74) is 0. The number of carboxylic acids is 1. The molecule has 4 nitrogen and oxygen atoms in total. The van der Waals surface area contributed by atoms with Gasteiger partial charge in [-0.15, -0.1) is 0 Å². The largest absolute Gasteiger partial charge is 0.478 e. The molecule has 0 radical (unpaired) electrons. The minimum Gasteiger partial charge on any atom is -0.478 e. The molecule has 1 aliphatic heterocycles. The summed E-state index contributed by atoms with van der Waals surface area (Å²) in [5.74, 6) is -0.946. The van der Waals surface area contributed by atoms with E-state index in [0.717, 1.165) is 51.0 Å². The van der Waals surface area contributed by atoms with E-state index in [2.05, 4.69) is 13.0 Å². The summed E-state index contributed by atoms with van der Waals surface area (Å²) in [5, 5.41) is 18.4. The molecule has 1 rings (SSSR count). The first-order valence-corrected chi connectivity index (χ1v) is 9.53. The molecule has 4 heteroatoms. The van der Waals surface area contributed by atoms with E-state index in [0.29, 0.717) is 12.2 Å². The molecule has 0 saturated carbocycles. The summed E-state index contributed by atoms with van der Waals surface area (Å²) in [6.07, 6.45) is 25.4. The van der Waals surface area contributed by atoms with E-state index in [4.69, 9.17) is 9.84 Å². The van der Waals surface area contributed by atoms with Gasteiger partial charge in [-0.25, -0.2) is 4.79 Å². The topological polar surface area (TPSA) is 70.1 Å². The molecule has 144 valence electrons. The number of allylic oxidation sites excluding steroid dienone is 9. The summed E-state index contributed by atoms with van der Waals surface area (Å²) >= 11 is 0. The molecular weight excluding hydrogens is 328 g/mol. The maximum absolute atomic E-state index is 10.2. The predicted octanol–water partition coefficient (Wildman–Crippen LogP) is 4.73. The Balaban J connectivity index is 1.94.